The van der Waals surface area contributed by atoms with Crippen molar-refractivity contribution < 1.29 is 19.4 Å². The summed E-state index contributed by atoms with van der Waals surface area (Å²) in [5.41, 5.74) is 0.0283. The Hall–Kier alpha value is -1.13. The molecule has 0 bridgehead atoms. The van der Waals surface area contributed by atoms with Gasteiger partial charge in [-0.1, -0.05) is 18.5 Å². The monoisotopic (exact) mass is 246 g/mol. The Morgan fingerprint density at radius 1 is 1.56 bits per heavy atom. The quantitative estimate of drug-likeness (QED) is 0.859. The number of hydrogen-bond acceptors (Lipinski definition) is 2. The molecule has 0 radical (unpaired) electrons. The minimum absolute atomic E-state index is 0.0283. The summed E-state index contributed by atoms with van der Waals surface area (Å²) in [5, 5.41) is 18.7. The largest absolute Gasteiger partial charge is 0.481 e. The van der Waals surface area contributed by atoms with Gasteiger partial charge in [0.05, 0.1) is 12.0 Å². The Kier molecular flexibility index (Phi) is 4.26. The van der Waals surface area contributed by atoms with Gasteiger partial charge in [-0.05, 0) is 24.6 Å². The van der Waals surface area contributed by atoms with Crippen LogP contribution in [0, 0.1) is 11.7 Å². The lowest BCUT2D eigenvalue weighted by atomic mass is 9.98. The highest BCUT2D eigenvalue weighted by molar-refractivity contribution is 6.30. The highest BCUT2D eigenvalue weighted by atomic mass is 35.5. The third kappa shape index (κ3) is 3.18. The first-order valence-electron chi connectivity index (χ1n) is 4.77. The van der Waals surface area contributed by atoms with Crippen molar-refractivity contribution in [3.05, 3.63) is 34.6 Å². The standard InChI is InChI=1S/C11H12ClFO3/c1-6(11(15)16)4-10(14)8-5-7(12)2-3-9(8)13/h2-3,5-6,10,14H,4H2,1H3,(H,15,16). The van der Waals surface area contributed by atoms with Gasteiger partial charge >= 0.3 is 5.97 Å². The molecule has 3 nitrogen and oxygen atoms in total. The van der Waals surface area contributed by atoms with Crippen molar-refractivity contribution in [3.8, 4) is 0 Å². The molecule has 1 aromatic rings. The predicted molar refractivity (Wildman–Crippen MR) is 57.8 cm³/mol. The van der Waals surface area contributed by atoms with Gasteiger partial charge in [0.2, 0.25) is 0 Å². The maximum Gasteiger partial charge on any atom is 0.306 e. The second kappa shape index (κ2) is 5.27. The summed E-state index contributed by atoms with van der Waals surface area (Å²) in [6.07, 6.45) is -1.21. The fraction of sp³-hybridized carbons (Fsp3) is 0.364. The van der Waals surface area contributed by atoms with E-state index in [1.165, 1.54) is 19.1 Å². The SMILES string of the molecule is CC(CC(O)c1cc(Cl)ccc1F)C(=O)O. The van der Waals surface area contributed by atoms with Crippen molar-refractivity contribution >= 4 is 17.6 Å². The summed E-state index contributed by atoms with van der Waals surface area (Å²) in [4.78, 5) is 10.6. The Morgan fingerprint density at radius 2 is 2.19 bits per heavy atom. The van der Waals surface area contributed by atoms with Crippen LogP contribution >= 0.6 is 11.6 Å². The fourth-order valence-corrected chi connectivity index (χ4v) is 1.51. The van der Waals surface area contributed by atoms with Crippen LogP contribution in [0.4, 0.5) is 4.39 Å². The van der Waals surface area contributed by atoms with Crippen molar-refractivity contribution in [1.29, 1.82) is 0 Å². The molecular weight excluding hydrogens is 235 g/mol. The maximum atomic E-state index is 13.3. The van der Waals surface area contributed by atoms with Crippen LogP contribution in [0.2, 0.25) is 5.02 Å². The first kappa shape index (κ1) is 12.9. The van der Waals surface area contributed by atoms with Crippen LogP contribution in [0.3, 0.4) is 0 Å². The lowest BCUT2D eigenvalue weighted by Crippen LogP contribution is -2.14. The first-order valence-corrected chi connectivity index (χ1v) is 5.15. The van der Waals surface area contributed by atoms with Crippen molar-refractivity contribution in [2.45, 2.75) is 19.4 Å². The number of aliphatic hydroxyl groups excluding tert-OH is 1. The van der Waals surface area contributed by atoms with E-state index < -0.39 is 23.8 Å². The molecule has 0 aliphatic rings. The lowest BCUT2D eigenvalue weighted by molar-refractivity contribution is -0.142. The van der Waals surface area contributed by atoms with Crippen LogP contribution < -0.4 is 0 Å². The minimum atomic E-state index is -1.16. The van der Waals surface area contributed by atoms with Crippen LogP contribution in [0.15, 0.2) is 18.2 Å². The van der Waals surface area contributed by atoms with Gasteiger partial charge in [0.25, 0.3) is 0 Å². The molecule has 2 unspecified atom stereocenters. The molecule has 0 spiro atoms. The molecule has 88 valence electrons. The Bertz CT molecular complexity index is 395. The van der Waals surface area contributed by atoms with Crippen molar-refractivity contribution in [2.24, 2.45) is 5.92 Å². The summed E-state index contributed by atoms with van der Waals surface area (Å²) >= 11 is 5.67. The van der Waals surface area contributed by atoms with Gasteiger partial charge in [-0.2, -0.15) is 0 Å². The van der Waals surface area contributed by atoms with E-state index in [4.69, 9.17) is 16.7 Å². The molecule has 0 saturated heterocycles. The third-order valence-corrected chi connectivity index (χ3v) is 2.55. The zero-order chi connectivity index (χ0) is 12.3. The van der Waals surface area contributed by atoms with Crippen LogP contribution in [0.25, 0.3) is 0 Å². The third-order valence-electron chi connectivity index (χ3n) is 2.32. The summed E-state index contributed by atoms with van der Waals surface area (Å²) in [6.45, 7) is 1.45. The number of benzene rings is 1. The van der Waals surface area contributed by atoms with Gasteiger partial charge in [-0.15, -0.1) is 0 Å². The average Bonchev–Trinajstić information content (AvgIpc) is 2.21. The van der Waals surface area contributed by atoms with E-state index in [0.29, 0.717) is 5.02 Å². The zero-order valence-corrected chi connectivity index (χ0v) is 9.41. The molecular formula is C11H12ClFO3. The van der Waals surface area contributed by atoms with Gasteiger partial charge in [0, 0.05) is 10.6 Å². The number of carbonyl (C=O) groups is 1. The summed E-state index contributed by atoms with van der Waals surface area (Å²) in [7, 11) is 0. The van der Waals surface area contributed by atoms with Gasteiger partial charge in [0.1, 0.15) is 5.82 Å². The highest BCUT2D eigenvalue weighted by Gasteiger charge is 2.20. The maximum absolute atomic E-state index is 13.3. The molecule has 0 aliphatic heterocycles. The smallest absolute Gasteiger partial charge is 0.306 e. The molecule has 2 atom stereocenters. The molecule has 0 heterocycles. The minimum Gasteiger partial charge on any atom is -0.481 e. The normalized spacial score (nSPS) is 14.5. The average molecular weight is 247 g/mol. The van der Waals surface area contributed by atoms with E-state index >= 15 is 0 Å². The summed E-state index contributed by atoms with van der Waals surface area (Å²) < 4.78 is 13.3. The van der Waals surface area contributed by atoms with Crippen LogP contribution in [0.5, 0.6) is 0 Å². The molecule has 0 fully saturated rings. The van der Waals surface area contributed by atoms with E-state index in [-0.39, 0.29) is 12.0 Å². The molecule has 1 aromatic carbocycles. The van der Waals surface area contributed by atoms with Gasteiger partial charge in [-0.25, -0.2) is 4.39 Å². The second-order valence-electron chi connectivity index (χ2n) is 3.66. The predicted octanol–water partition coefficient (Wildman–Crippen LogP) is 2.62. The molecule has 1 rings (SSSR count). The molecule has 16 heavy (non-hydrogen) atoms. The number of rotatable bonds is 4. The van der Waals surface area contributed by atoms with E-state index in [0.717, 1.165) is 6.07 Å². The van der Waals surface area contributed by atoms with Crippen LogP contribution in [-0.4, -0.2) is 16.2 Å². The zero-order valence-electron chi connectivity index (χ0n) is 8.65. The molecule has 0 amide bonds. The van der Waals surface area contributed by atoms with E-state index in [1.54, 1.807) is 0 Å². The summed E-state index contributed by atoms with van der Waals surface area (Å²) in [5.74, 6) is -2.36. The number of carboxylic acids is 1. The number of aliphatic carboxylic acids is 1. The summed E-state index contributed by atoms with van der Waals surface area (Å²) in [6, 6.07) is 3.82. The highest BCUT2D eigenvalue weighted by Crippen LogP contribution is 2.26. The Balaban J connectivity index is 2.83. The van der Waals surface area contributed by atoms with Crippen molar-refractivity contribution in [1.82, 2.24) is 0 Å². The van der Waals surface area contributed by atoms with E-state index in [1.807, 2.05) is 0 Å². The number of carboxylic acid groups (broad SMARTS) is 1. The lowest BCUT2D eigenvalue weighted by Gasteiger charge is -2.14. The first-order chi connectivity index (χ1) is 7.41. The Labute approximate surface area is 97.5 Å². The fourth-order valence-electron chi connectivity index (χ4n) is 1.33. The topological polar surface area (TPSA) is 57.5 Å². The van der Waals surface area contributed by atoms with Gasteiger partial charge < -0.3 is 10.2 Å². The Morgan fingerprint density at radius 3 is 2.75 bits per heavy atom. The molecule has 2 N–H and O–H groups in total. The molecule has 0 aliphatic carbocycles. The molecule has 5 heteroatoms. The number of aliphatic hydroxyl groups is 1. The van der Waals surface area contributed by atoms with Gasteiger partial charge in [-0.3, -0.25) is 4.79 Å². The molecule has 0 saturated carbocycles. The van der Waals surface area contributed by atoms with Gasteiger partial charge in [0.15, 0.2) is 0 Å². The second-order valence-corrected chi connectivity index (χ2v) is 4.09. The van der Waals surface area contributed by atoms with Crippen LogP contribution in [0.1, 0.15) is 25.0 Å². The number of hydrogen-bond donors (Lipinski definition) is 2. The van der Waals surface area contributed by atoms with E-state index in [9.17, 15) is 14.3 Å². The number of halogens is 2. The van der Waals surface area contributed by atoms with Crippen LogP contribution in [-0.2, 0) is 4.79 Å². The van der Waals surface area contributed by atoms with Crippen molar-refractivity contribution in [2.75, 3.05) is 0 Å². The molecule has 0 aromatic heterocycles. The van der Waals surface area contributed by atoms with E-state index in [2.05, 4.69) is 0 Å². The van der Waals surface area contributed by atoms with Crippen molar-refractivity contribution in [3.63, 3.8) is 0 Å².